The highest BCUT2D eigenvalue weighted by molar-refractivity contribution is 5.95. The zero-order chi connectivity index (χ0) is 19.2. The van der Waals surface area contributed by atoms with Crippen LogP contribution in [0, 0.1) is 0 Å². The molecule has 150 valence electrons. The highest BCUT2D eigenvalue weighted by Gasteiger charge is 2.26. The summed E-state index contributed by atoms with van der Waals surface area (Å²) in [5.74, 6) is -2.39. The van der Waals surface area contributed by atoms with Crippen molar-refractivity contribution in [3.05, 3.63) is 11.3 Å². The summed E-state index contributed by atoms with van der Waals surface area (Å²) < 4.78 is 9.73. The van der Waals surface area contributed by atoms with Gasteiger partial charge in [-0.25, -0.2) is 4.79 Å². The highest BCUT2D eigenvalue weighted by atomic mass is 16.5. The lowest BCUT2D eigenvalue weighted by atomic mass is 10.1. The number of unbranched alkanes of at least 4 members (excludes halogenated alkanes) is 11. The zero-order valence-corrected chi connectivity index (χ0v) is 16.0. The molecule has 1 aromatic rings. The molecule has 0 saturated heterocycles. The summed E-state index contributed by atoms with van der Waals surface area (Å²) in [6.07, 6.45) is 14.7. The molecule has 1 aromatic heterocycles. The van der Waals surface area contributed by atoms with E-state index in [0.29, 0.717) is 0 Å². The fourth-order valence-corrected chi connectivity index (χ4v) is 2.93. The van der Waals surface area contributed by atoms with Crippen LogP contribution in [-0.4, -0.2) is 27.9 Å². The monoisotopic (exact) mass is 370 g/mol. The van der Waals surface area contributed by atoms with Crippen LogP contribution >= 0.6 is 0 Å². The third kappa shape index (κ3) is 8.13. The van der Waals surface area contributed by atoms with E-state index in [1.54, 1.807) is 0 Å². The second kappa shape index (κ2) is 13.5. The number of hydrogen-bond donors (Lipinski definition) is 3. The Bertz CT molecular complexity index is 509. The smallest absolute Gasteiger partial charge is 0.349 e. The van der Waals surface area contributed by atoms with E-state index < -0.39 is 29.8 Å². The quantitative estimate of drug-likeness (QED) is 0.295. The Balaban J connectivity index is 2.01. The van der Waals surface area contributed by atoms with Crippen LogP contribution in [0.1, 0.15) is 100 Å². The van der Waals surface area contributed by atoms with Crippen molar-refractivity contribution in [3.63, 3.8) is 0 Å². The molecule has 0 spiro atoms. The van der Waals surface area contributed by atoms with Crippen LogP contribution in [0.4, 0.5) is 0 Å². The van der Waals surface area contributed by atoms with Gasteiger partial charge in [-0.05, 0) is 6.42 Å². The van der Waals surface area contributed by atoms with E-state index in [4.69, 9.17) is 9.84 Å². The van der Waals surface area contributed by atoms with Gasteiger partial charge in [0.2, 0.25) is 0 Å². The van der Waals surface area contributed by atoms with E-state index in [-0.39, 0.29) is 12.4 Å². The molecule has 6 heteroatoms. The topological polar surface area (TPSA) is 100 Å². The van der Waals surface area contributed by atoms with Crippen LogP contribution in [0.5, 0.6) is 11.7 Å². The number of hydrogen-bond acceptors (Lipinski definition) is 6. The van der Waals surface area contributed by atoms with E-state index in [9.17, 15) is 15.0 Å². The summed E-state index contributed by atoms with van der Waals surface area (Å²) in [6, 6.07) is 0. The number of aliphatic hydroxyl groups is 1. The van der Waals surface area contributed by atoms with Crippen molar-refractivity contribution in [3.8, 4) is 11.7 Å². The van der Waals surface area contributed by atoms with E-state index >= 15 is 0 Å². The summed E-state index contributed by atoms with van der Waals surface area (Å²) in [5.41, 5.74) is -0.423. The van der Waals surface area contributed by atoms with E-state index in [1.165, 1.54) is 57.8 Å². The van der Waals surface area contributed by atoms with Crippen LogP contribution in [0.25, 0.3) is 0 Å². The van der Waals surface area contributed by atoms with Gasteiger partial charge in [0, 0.05) is 0 Å². The molecule has 0 aliphatic heterocycles. The lowest BCUT2D eigenvalue weighted by Crippen LogP contribution is -2.06. The minimum absolute atomic E-state index is 0.231. The van der Waals surface area contributed by atoms with Crippen LogP contribution < -0.4 is 0 Å². The molecule has 0 aliphatic carbocycles. The molecule has 0 amide bonds. The molecule has 0 unspecified atom stereocenters. The predicted molar refractivity (Wildman–Crippen MR) is 99.3 cm³/mol. The van der Waals surface area contributed by atoms with Crippen molar-refractivity contribution in [2.45, 2.75) is 90.6 Å². The van der Waals surface area contributed by atoms with Gasteiger partial charge >= 0.3 is 11.9 Å². The van der Waals surface area contributed by atoms with E-state index in [0.717, 1.165) is 19.3 Å². The molecule has 0 aliphatic rings. The molecule has 0 radical (unpaired) electrons. The Morgan fingerprint density at radius 3 is 1.85 bits per heavy atom. The second-order valence-electron chi connectivity index (χ2n) is 6.74. The van der Waals surface area contributed by atoms with Gasteiger partial charge < -0.3 is 24.5 Å². The molecule has 6 nitrogen and oxygen atoms in total. The summed E-state index contributed by atoms with van der Waals surface area (Å²) >= 11 is 0. The van der Waals surface area contributed by atoms with Gasteiger partial charge in [-0.3, -0.25) is 0 Å². The second-order valence-corrected chi connectivity index (χ2v) is 6.74. The maximum absolute atomic E-state index is 11.8. The Morgan fingerprint density at radius 2 is 1.38 bits per heavy atom. The van der Waals surface area contributed by atoms with Gasteiger partial charge in [0.25, 0.3) is 0 Å². The standard InChI is InChI=1S/C20H34O6/c1-2-3-4-5-6-7-8-9-10-11-12-13-14-25-19(23)17-18(22)16(15-21)26-20(17)24/h21-22,24H,2-15H2,1H3. The minimum atomic E-state index is -0.841. The number of carbonyl (C=O) groups excluding carboxylic acids is 1. The Hall–Kier alpha value is -1.69. The Kier molecular flexibility index (Phi) is 11.6. The van der Waals surface area contributed by atoms with Crippen molar-refractivity contribution in [1.29, 1.82) is 0 Å². The highest BCUT2D eigenvalue weighted by Crippen LogP contribution is 2.34. The fourth-order valence-electron chi connectivity index (χ4n) is 2.93. The van der Waals surface area contributed by atoms with Crippen molar-refractivity contribution < 1.29 is 29.3 Å². The van der Waals surface area contributed by atoms with Gasteiger partial charge in [0.15, 0.2) is 17.1 Å². The van der Waals surface area contributed by atoms with Gasteiger partial charge in [0.1, 0.15) is 6.61 Å². The van der Waals surface area contributed by atoms with Gasteiger partial charge in [-0.2, -0.15) is 0 Å². The number of carbonyl (C=O) groups is 1. The maximum atomic E-state index is 11.8. The molecule has 0 bridgehead atoms. The molecule has 0 atom stereocenters. The largest absolute Gasteiger partial charge is 0.504 e. The first-order chi connectivity index (χ1) is 12.6. The van der Waals surface area contributed by atoms with Crippen LogP contribution in [0.15, 0.2) is 4.42 Å². The third-order valence-electron chi connectivity index (χ3n) is 4.51. The van der Waals surface area contributed by atoms with Crippen molar-refractivity contribution in [2.24, 2.45) is 0 Å². The first kappa shape index (κ1) is 22.4. The molecular weight excluding hydrogens is 336 g/mol. The summed E-state index contributed by atoms with van der Waals surface area (Å²) in [4.78, 5) is 11.8. The summed E-state index contributed by atoms with van der Waals surface area (Å²) in [5, 5.41) is 28.1. The average molecular weight is 370 g/mol. The molecule has 3 N–H and O–H groups in total. The number of aliphatic hydroxyl groups excluding tert-OH is 1. The fraction of sp³-hybridized carbons (Fsp3) is 0.750. The van der Waals surface area contributed by atoms with E-state index in [1.807, 2.05) is 0 Å². The number of esters is 1. The third-order valence-corrected chi connectivity index (χ3v) is 4.51. The number of ether oxygens (including phenoxy) is 1. The van der Waals surface area contributed by atoms with Gasteiger partial charge in [-0.1, -0.05) is 77.6 Å². The Labute approximate surface area is 156 Å². The van der Waals surface area contributed by atoms with Crippen molar-refractivity contribution >= 4 is 5.97 Å². The van der Waals surface area contributed by atoms with Crippen molar-refractivity contribution in [1.82, 2.24) is 0 Å². The predicted octanol–water partition coefficient (Wildman–Crippen LogP) is 5.04. The first-order valence-corrected chi connectivity index (χ1v) is 9.93. The van der Waals surface area contributed by atoms with Crippen LogP contribution in [0.2, 0.25) is 0 Å². The maximum Gasteiger partial charge on any atom is 0.349 e. The first-order valence-electron chi connectivity index (χ1n) is 9.93. The molecule has 0 aromatic carbocycles. The zero-order valence-electron chi connectivity index (χ0n) is 16.0. The van der Waals surface area contributed by atoms with Crippen LogP contribution in [-0.2, 0) is 11.3 Å². The molecule has 1 heterocycles. The number of aromatic hydroxyl groups is 2. The Morgan fingerprint density at radius 1 is 0.885 bits per heavy atom. The number of rotatable bonds is 15. The molecule has 1 rings (SSSR count). The minimum Gasteiger partial charge on any atom is -0.504 e. The average Bonchev–Trinajstić information content (AvgIpc) is 2.92. The lowest BCUT2D eigenvalue weighted by Gasteiger charge is -2.05. The molecule has 0 saturated carbocycles. The molecule has 0 fully saturated rings. The summed E-state index contributed by atoms with van der Waals surface area (Å²) in [7, 11) is 0. The molecular formula is C20H34O6. The van der Waals surface area contributed by atoms with Crippen molar-refractivity contribution in [2.75, 3.05) is 6.61 Å². The normalized spacial score (nSPS) is 11.0. The number of furan rings is 1. The lowest BCUT2D eigenvalue weighted by molar-refractivity contribution is 0.0489. The van der Waals surface area contributed by atoms with Crippen LogP contribution in [0.3, 0.4) is 0 Å². The van der Waals surface area contributed by atoms with Gasteiger partial charge in [0.05, 0.1) is 6.61 Å². The van der Waals surface area contributed by atoms with Gasteiger partial charge in [-0.15, -0.1) is 0 Å². The summed E-state index contributed by atoms with van der Waals surface area (Å²) in [6.45, 7) is 1.86. The van der Waals surface area contributed by atoms with E-state index in [2.05, 4.69) is 11.3 Å². The molecule has 26 heavy (non-hydrogen) atoms. The SMILES string of the molecule is CCCCCCCCCCCCCCOC(=O)c1c(O)oc(CO)c1O.